The Labute approximate surface area is 211 Å². The van der Waals surface area contributed by atoms with Crippen molar-refractivity contribution in [3.63, 3.8) is 0 Å². The Morgan fingerprint density at radius 3 is 2.46 bits per heavy atom. The van der Waals surface area contributed by atoms with E-state index in [4.69, 9.17) is 4.74 Å². The van der Waals surface area contributed by atoms with E-state index in [0.717, 1.165) is 4.90 Å². The highest BCUT2D eigenvalue weighted by Crippen LogP contribution is 2.47. The van der Waals surface area contributed by atoms with Crippen LogP contribution < -0.4 is 5.32 Å². The van der Waals surface area contributed by atoms with E-state index >= 15 is 0 Å². The van der Waals surface area contributed by atoms with Crippen LogP contribution in [-0.4, -0.2) is 51.3 Å². The fourth-order valence-corrected chi connectivity index (χ4v) is 4.39. The van der Waals surface area contributed by atoms with E-state index in [9.17, 15) is 27.2 Å². The summed E-state index contributed by atoms with van der Waals surface area (Å²) < 4.78 is 62.7. The number of benzene rings is 2. The third kappa shape index (κ3) is 4.99. The predicted molar refractivity (Wildman–Crippen MR) is 130 cm³/mol. The monoisotopic (exact) mass is 520 g/mol. The summed E-state index contributed by atoms with van der Waals surface area (Å²) in [6, 6.07) is 8.70. The Bertz CT molecular complexity index is 1380. The van der Waals surface area contributed by atoms with E-state index in [0.29, 0.717) is 33.7 Å². The maximum atomic E-state index is 14.1. The number of amides is 2. The van der Waals surface area contributed by atoms with Gasteiger partial charge in [-0.25, -0.2) is 14.2 Å². The molecule has 0 spiro atoms. The maximum Gasteiger partial charge on any atom is 0.406 e. The number of ether oxygens (including phenoxy) is 1. The van der Waals surface area contributed by atoms with Gasteiger partial charge in [-0.3, -0.25) is 4.79 Å². The van der Waals surface area contributed by atoms with Gasteiger partial charge in [-0.1, -0.05) is 12.1 Å². The zero-order valence-corrected chi connectivity index (χ0v) is 21.2. The molecular weight excluding hydrogens is 492 g/mol. The lowest BCUT2D eigenvalue weighted by atomic mass is 9.86. The summed E-state index contributed by atoms with van der Waals surface area (Å²) in [4.78, 5) is 31.1. The van der Waals surface area contributed by atoms with Gasteiger partial charge in [-0.05, 0) is 57.9 Å². The number of nitrogens with one attached hydrogen (secondary N) is 1. The fourth-order valence-electron chi connectivity index (χ4n) is 4.39. The highest BCUT2D eigenvalue weighted by Gasteiger charge is 2.65. The number of hydrogen-bond acceptors (Lipinski definition) is 4. The Hall–Kier alpha value is -3.63. The number of urea groups is 1. The number of imidazole rings is 1. The number of rotatable bonds is 3. The van der Waals surface area contributed by atoms with Crippen LogP contribution in [0.4, 0.5) is 28.0 Å². The van der Waals surface area contributed by atoms with Crippen molar-refractivity contribution in [1.82, 2.24) is 14.5 Å². The average molecular weight is 521 g/mol. The van der Waals surface area contributed by atoms with E-state index in [2.05, 4.69) is 10.3 Å². The molecule has 0 saturated carbocycles. The number of likely N-dealkylation sites (tertiary alicyclic amines) is 1. The summed E-state index contributed by atoms with van der Waals surface area (Å²) >= 11 is 0. The van der Waals surface area contributed by atoms with Gasteiger partial charge in [0.25, 0.3) is 0 Å². The molecule has 37 heavy (non-hydrogen) atoms. The predicted octanol–water partition coefficient (Wildman–Crippen LogP) is 5.82. The minimum absolute atomic E-state index is 0.264. The molecule has 0 bridgehead atoms. The Morgan fingerprint density at radius 1 is 1.11 bits per heavy atom. The normalized spacial score (nSPS) is 18.4. The zero-order chi connectivity index (χ0) is 27.3. The Kier molecular flexibility index (Phi) is 6.46. The molecule has 2 amide bonds. The molecule has 2 heterocycles. The molecule has 4 rings (SSSR count). The number of aromatic nitrogens is 2. The number of halogens is 4. The lowest BCUT2D eigenvalue weighted by Crippen LogP contribution is -2.50. The van der Waals surface area contributed by atoms with Crippen molar-refractivity contribution >= 4 is 28.7 Å². The molecule has 0 aliphatic carbocycles. The van der Waals surface area contributed by atoms with Gasteiger partial charge in [-0.2, -0.15) is 13.2 Å². The molecule has 0 radical (unpaired) electrons. The third-order valence-electron chi connectivity index (χ3n) is 6.47. The number of carbonyl (C=O) groups is 2. The summed E-state index contributed by atoms with van der Waals surface area (Å²) in [5.74, 6) is -1.28. The van der Waals surface area contributed by atoms with Gasteiger partial charge in [0.15, 0.2) is 5.41 Å². The SMILES string of the molecule is Cc1ccc(-c2nc3cc(F)ccc3n2C)cc1NC(=O)N1CCC(C(=O)OC(C)(C)C)(C(F)(F)F)C1. The number of aryl methyl sites for hydroxylation is 2. The van der Waals surface area contributed by atoms with Crippen LogP contribution in [0, 0.1) is 18.2 Å². The summed E-state index contributed by atoms with van der Waals surface area (Å²) in [7, 11) is 1.78. The first kappa shape index (κ1) is 26.4. The lowest BCUT2D eigenvalue weighted by Gasteiger charge is -2.32. The van der Waals surface area contributed by atoms with Crippen molar-refractivity contribution in [2.45, 2.75) is 45.9 Å². The number of hydrogen-bond donors (Lipinski definition) is 1. The molecule has 3 aromatic rings. The molecule has 2 aromatic carbocycles. The van der Waals surface area contributed by atoms with Crippen molar-refractivity contribution in [2.75, 3.05) is 18.4 Å². The number of nitrogens with zero attached hydrogens (tertiary/aromatic N) is 3. The van der Waals surface area contributed by atoms with Gasteiger partial charge in [0.2, 0.25) is 0 Å². The Morgan fingerprint density at radius 2 is 1.81 bits per heavy atom. The molecule has 1 unspecified atom stereocenters. The van der Waals surface area contributed by atoms with Gasteiger partial charge in [-0.15, -0.1) is 0 Å². The van der Waals surface area contributed by atoms with E-state index < -0.39 is 48.0 Å². The number of carbonyl (C=O) groups excluding carboxylic acids is 2. The van der Waals surface area contributed by atoms with E-state index in [-0.39, 0.29) is 6.54 Å². The molecular formula is C26H28F4N4O3. The molecule has 1 aliphatic heterocycles. The molecule has 1 fully saturated rings. The number of alkyl halides is 3. The topological polar surface area (TPSA) is 76.5 Å². The molecule has 1 N–H and O–H groups in total. The third-order valence-corrected chi connectivity index (χ3v) is 6.47. The van der Waals surface area contributed by atoms with Gasteiger partial charge in [0.1, 0.15) is 17.2 Å². The molecule has 1 aliphatic rings. The molecule has 1 saturated heterocycles. The van der Waals surface area contributed by atoms with Crippen molar-refractivity contribution in [3.8, 4) is 11.4 Å². The summed E-state index contributed by atoms with van der Waals surface area (Å²) in [6.45, 7) is 5.11. The van der Waals surface area contributed by atoms with Crippen molar-refractivity contribution in [2.24, 2.45) is 12.5 Å². The van der Waals surface area contributed by atoms with Crippen LogP contribution in [0.3, 0.4) is 0 Å². The van der Waals surface area contributed by atoms with Crippen molar-refractivity contribution in [3.05, 3.63) is 47.8 Å². The van der Waals surface area contributed by atoms with Crippen LogP contribution in [0.5, 0.6) is 0 Å². The number of esters is 1. The summed E-state index contributed by atoms with van der Waals surface area (Å²) in [6.07, 6.45) is -5.48. The average Bonchev–Trinajstić information content (AvgIpc) is 3.37. The van der Waals surface area contributed by atoms with Crippen LogP contribution in [0.25, 0.3) is 22.4 Å². The van der Waals surface area contributed by atoms with E-state index in [1.807, 2.05) is 0 Å². The smallest absolute Gasteiger partial charge is 0.406 e. The van der Waals surface area contributed by atoms with Crippen LogP contribution >= 0.6 is 0 Å². The second-order valence-corrected chi connectivity index (χ2v) is 10.3. The quantitative estimate of drug-likeness (QED) is 0.349. The second-order valence-electron chi connectivity index (χ2n) is 10.3. The largest absolute Gasteiger partial charge is 0.459 e. The lowest BCUT2D eigenvalue weighted by molar-refractivity contribution is -0.235. The van der Waals surface area contributed by atoms with Crippen molar-refractivity contribution < 1.29 is 31.9 Å². The number of anilines is 1. The van der Waals surface area contributed by atoms with Crippen LogP contribution in [0.1, 0.15) is 32.8 Å². The molecule has 1 aromatic heterocycles. The zero-order valence-electron chi connectivity index (χ0n) is 21.2. The standard InChI is InChI=1S/C26H28F4N4O3/c1-15-6-7-16(21-31-19-13-17(27)8-9-20(19)33(21)5)12-18(15)32-23(36)34-11-10-25(14-34,26(28,29)30)22(35)37-24(2,3)4/h6-9,12-13H,10-11,14H2,1-5H3,(H,32,36). The number of fused-ring (bicyclic) bond motifs is 1. The van der Waals surface area contributed by atoms with E-state index in [1.54, 1.807) is 42.8 Å². The molecule has 7 nitrogen and oxygen atoms in total. The summed E-state index contributed by atoms with van der Waals surface area (Å²) in [5, 5.41) is 2.67. The minimum Gasteiger partial charge on any atom is -0.459 e. The first-order chi connectivity index (χ1) is 17.1. The van der Waals surface area contributed by atoms with Crippen molar-refractivity contribution in [1.29, 1.82) is 0 Å². The first-order valence-corrected chi connectivity index (χ1v) is 11.7. The second kappa shape index (κ2) is 9.04. The fraction of sp³-hybridized carbons (Fsp3) is 0.423. The van der Waals surface area contributed by atoms with Gasteiger partial charge in [0.05, 0.1) is 11.0 Å². The molecule has 198 valence electrons. The Balaban J connectivity index is 1.58. The van der Waals surface area contributed by atoms with Gasteiger partial charge in [0, 0.05) is 37.5 Å². The first-order valence-electron chi connectivity index (χ1n) is 11.7. The molecule has 1 atom stereocenters. The van der Waals surface area contributed by atoms with Crippen LogP contribution in [0.15, 0.2) is 36.4 Å². The molecule has 11 heteroatoms. The van der Waals surface area contributed by atoms with Gasteiger partial charge < -0.3 is 19.5 Å². The minimum atomic E-state index is -4.89. The van der Waals surface area contributed by atoms with Crippen LogP contribution in [0.2, 0.25) is 0 Å². The van der Waals surface area contributed by atoms with Crippen LogP contribution in [-0.2, 0) is 16.6 Å². The highest BCUT2D eigenvalue weighted by atomic mass is 19.4. The van der Waals surface area contributed by atoms with E-state index in [1.165, 1.54) is 32.9 Å². The highest BCUT2D eigenvalue weighted by molar-refractivity contribution is 5.92. The van der Waals surface area contributed by atoms with Gasteiger partial charge >= 0.3 is 18.2 Å². The summed E-state index contributed by atoms with van der Waals surface area (Å²) in [5.41, 5.74) is -1.05. The maximum absolute atomic E-state index is 14.1.